The van der Waals surface area contributed by atoms with Gasteiger partial charge >= 0.3 is 5.97 Å². The third-order valence-corrected chi connectivity index (χ3v) is 5.02. The van der Waals surface area contributed by atoms with Gasteiger partial charge in [-0.25, -0.2) is 0 Å². The zero-order valence-corrected chi connectivity index (χ0v) is 14.5. The molecule has 0 amide bonds. The molecule has 2 fully saturated rings. The van der Waals surface area contributed by atoms with Crippen LogP contribution in [0.5, 0.6) is 5.75 Å². The van der Waals surface area contributed by atoms with Crippen LogP contribution in [0.1, 0.15) is 74.2 Å². The monoisotopic (exact) mass is 330 g/mol. The maximum Gasteiger partial charge on any atom is 0.308 e. The average molecular weight is 330 g/mol. The lowest BCUT2D eigenvalue weighted by Gasteiger charge is -2.28. The molecular formula is C20H26O4. The SMILES string of the molecule is CCOC(=O)C1CCC(Oc2ccc(C(C)=O)c(C3CC3)c2)CC1. The Bertz CT molecular complexity index is 610. The third kappa shape index (κ3) is 3.97. The second kappa shape index (κ2) is 7.37. The Kier molecular flexibility index (Phi) is 5.22. The minimum atomic E-state index is -0.0715. The Morgan fingerprint density at radius 1 is 1.08 bits per heavy atom. The van der Waals surface area contributed by atoms with Gasteiger partial charge in [0.15, 0.2) is 5.78 Å². The van der Waals surface area contributed by atoms with Crippen LogP contribution < -0.4 is 4.74 Å². The van der Waals surface area contributed by atoms with Crippen LogP contribution >= 0.6 is 0 Å². The molecular weight excluding hydrogens is 304 g/mol. The predicted octanol–water partition coefficient (Wildman–Crippen LogP) is 4.27. The molecule has 4 heteroatoms. The number of rotatable bonds is 6. The van der Waals surface area contributed by atoms with E-state index in [-0.39, 0.29) is 23.8 Å². The number of hydrogen-bond acceptors (Lipinski definition) is 4. The van der Waals surface area contributed by atoms with Gasteiger partial charge in [-0.05, 0) is 82.1 Å². The molecule has 2 aliphatic carbocycles. The van der Waals surface area contributed by atoms with Crippen molar-refractivity contribution in [3.63, 3.8) is 0 Å². The average Bonchev–Trinajstić information content (AvgIpc) is 3.40. The van der Waals surface area contributed by atoms with E-state index in [2.05, 4.69) is 0 Å². The van der Waals surface area contributed by atoms with Gasteiger partial charge in [-0.3, -0.25) is 9.59 Å². The van der Waals surface area contributed by atoms with Crippen LogP contribution in [0.25, 0.3) is 0 Å². The summed E-state index contributed by atoms with van der Waals surface area (Å²) < 4.78 is 11.2. The molecule has 0 N–H and O–H groups in total. The van der Waals surface area contributed by atoms with E-state index in [1.165, 1.54) is 0 Å². The summed E-state index contributed by atoms with van der Waals surface area (Å²) in [5, 5.41) is 0. The zero-order chi connectivity index (χ0) is 17.1. The quantitative estimate of drug-likeness (QED) is 0.577. The summed E-state index contributed by atoms with van der Waals surface area (Å²) in [6.45, 7) is 3.91. The first-order valence-electron chi connectivity index (χ1n) is 9.06. The second-order valence-electron chi connectivity index (χ2n) is 6.92. The molecule has 0 bridgehead atoms. The van der Waals surface area contributed by atoms with E-state index in [4.69, 9.17) is 9.47 Å². The first-order chi connectivity index (χ1) is 11.6. The fourth-order valence-corrected chi connectivity index (χ4v) is 3.54. The molecule has 1 aromatic carbocycles. The Morgan fingerprint density at radius 2 is 1.79 bits per heavy atom. The van der Waals surface area contributed by atoms with Crippen molar-refractivity contribution in [1.82, 2.24) is 0 Å². The first kappa shape index (κ1) is 17.0. The highest BCUT2D eigenvalue weighted by Crippen LogP contribution is 2.43. The minimum absolute atomic E-state index is 0.0203. The molecule has 2 aliphatic rings. The van der Waals surface area contributed by atoms with E-state index >= 15 is 0 Å². The van der Waals surface area contributed by atoms with Crippen molar-refractivity contribution in [3.05, 3.63) is 29.3 Å². The summed E-state index contributed by atoms with van der Waals surface area (Å²) in [5.41, 5.74) is 1.97. The van der Waals surface area contributed by atoms with Gasteiger partial charge < -0.3 is 9.47 Å². The lowest BCUT2D eigenvalue weighted by Crippen LogP contribution is -2.29. The molecule has 0 atom stereocenters. The molecule has 3 rings (SSSR count). The molecule has 24 heavy (non-hydrogen) atoms. The Labute approximate surface area is 143 Å². The normalized spacial score (nSPS) is 23.6. The van der Waals surface area contributed by atoms with Crippen molar-refractivity contribution >= 4 is 11.8 Å². The lowest BCUT2D eigenvalue weighted by molar-refractivity contribution is -0.149. The number of esters is 1. The lowest BCUT2D eigenvalue weighted by atomic mass is 9.87. The van der Waals surface area contributed by atoms with Crippen molar-refractivity contribution in [1.29, 1.82) is 0 Å². The summed E-state index contributed by atoms with van der Waals surface area (Å²) in [5.74, 6) is 1.44. The van der Waals surface area contributed by atoms with Crippen molar-refractivity contribution in [2.45, 2.75) is 64.4 Å². The molecule has 0 spiro atoms. The van der Waals surface area contributed by atoms with Gasteiger partial charge in [0.2, 0.25) is 0 Å². The number of ketones is 1. The molecule has 4 nitrogen and oxygen atoms in total. The Balaban J connectivity index is 1.60. The van der Waals surface area contributed by atoms with Crippen LogP contribution in [0, 0.1) is 5.92 Å². The fourth-order valence-electron chi connectivity index (χ4n) is 3.54. The highest BCUT2D eigenvalue weighted by Gasteiger charge is 2.30. The van der Waals surface area contributed by atoms with E-state index in [1.807, 2.05) is 25.1 Å². The molecule has 0 heterocycles. The van der Waals surface area contributed by atoms with Crippen molar-refractivity contribution < 1.29 is 19.1 Å². The zero-order valence-electron chi connectivity index (χ0n) is 14.5. The number of hydrogen-bond donors (Lipinski definition) is 0. The van der Waals surface area contributed by atoms with Crippen LogP contribution in [0.15, 0.2) is 18.2 Å². The molecule has 0 unspecified atom stereocenters. The first-order valence-corrected chi connectivity index (χ1v) is 9.06. The minimum Gasteiger partial charge on any atom is -0.490 e. The van der Waals surface area contributed by atoms with E-state index in [9.17, 15) is 9.59 Å². The molecule has 0 radical (unpaired) electrons. The summed E-state index contributed by atoms with van der Waals surface area (Å²) in [4.78, 5) is 23.6. The van der Waals surface area contributed by atoms with Gasteiger partial charge in [0.05, 0.1) is 18.6 Å². The van der Waals surface area contributed by atoms with E-state index in [0.29, 0.717) is 12.5 Å². The van der Waals surface area contributed by atoms with Crippen LogP contribution in [0.4, 0.5) is 0 Å². The summed E-state index contributed by atoms with van der Waals surface area (Å²) in [6.07, 6.45) is 5.86. The van der Waals surface area contributed by atoms with Gasteiger partial charge in [-0.15, -0.1) is 0 Å². The van der Waals surface area contributed by atoms with Gasteiger partial charge in [-0.1, -0.05) is 0 Å². The van der Waals surface area contributed by atoms with Crippen LogP contribution in [0.2, 0.25) is 0 Å². The summed E-state index contributed by atoms with van der Waals surface area (Å²) in [7, 11) is 0. The van der Waals surface area contributed by atoms with Gasteiger partial charge in [0.25, 0.3) is 0 Å². The Hall–Kier alpha value is -1.84. The van der Waals surface area contributed by atoms with Gasteiger partial charge in [0.1, 0.15) is 5.75 Å². The maximum absolute atomic E-state index is 11.8. The number of carbonyl (C=O) groups excluding carboxylic acids is 2. The molecule has 2 saturated carbocycles. The Morgan fingerprint density at radius 3 is 2.38 bits per heavy atom. The number of ether oxygens (including phenoxy) is 2. The molecule has 0 saturated heterocycles. The summed E-state index contributed by atoms with van der Waals surface area (Å²) >= 11 is 0. The van der Waals surface area contributed by atoms with Crippen LogP contribution in [0.3, 0.4) is 0 Å². The topological polar surface area (TPSA) is 52.6 Å². The number of benzene rings is 1. The standard InChI is InChI=1S/C20H26O4/c1-3-23-20(22)15-6-8-16(9-7-15)24-17-10-11-18(13(2)21)19(12-17)14-4-5-14/h10-12,14-16H,3-9H2,1-2H3. The molecule has 0 aliphatic heterocycles. The third-order valence-electron chi connectivity index (χ3n) is 5.02. The fraction of sp³-hybridized carbons (Fsp3) is 0.600. The maximum atomic E-state index is 11.8. The van der Waals surface area contributed by atoms with Crippen LogP contribution in [-0.4, -0.2) is 24.5 Å². The summed E-state index contributed by atoms with van der Waals surface area (Å²) in [6, 6.07) is 5.85. The number of Topliss-reactive ketones (excluding diaryl/α,β-unsaturated/α-hetero) is 1. The largest absolute Gasteiger partial charge is 0.490 e. The van der Waals surface area contributed by atoms with Crippen molar-refractivity contribution in [3.8, 4) is 5.75 Å². The van der Waals surface area contributed by atoms with E-state index in [1.54, 1.807) is 6.92 Å². The molecule has 0 aromatic heterocycles. The van der Waals surface area contributed by atoms with Crippen LogP contribution in [-0.2, 0) is 9.53 Å². The molecule has 130 valence electrons. The second-order valence-corrected chi connectivity index (χ2v) is 6.92. The molecule has 1 aromatic rings. The van der Waals surface area contributed by atoms with E-state index < -0.39 is 0 Å². The highest BCUT2D eigenvalue weighted by molar-refractivity contribution is 5.96. The predicted molar refractivity (Wildman–Crippen MR) is 91.4 cm³/mol. The van der Waals surface area contributed by atoms with Gasteiger partial charge in [0, 0.05) is 5.56 Å². The smallest absolute Gasteiger partial charge is 0.308 e. The highest BCUT2D eigenvalue weighted by atomic mass is 16.5. The number of carbonyl (C=O) groups is 2. The van der Waals surface area contributed by atoms with E-state index in [0.717, 1.165) is 55.4 Å². The van der Waals surface area contributed by atoms with Crippen molar-refractivity contribution in [2.24, 2.45) is 5.92 Å². The van der Waals surface area contributed by atoms with Gasteiger partial charge in [-0.2, -0.15) is 0 Å². The van der Waals surface area contributed by atoms with Crippen molar-refractivity contribution in [2.75, 3.05) is 6.61 Å².